The molecule has 4 heteroatoms. The van der Waals surface area contributed by atoms with E-state index in [1.54, 1.807) is 10.4 Å². The number of hydrazine groups is 1. The van der Waals surface area contributed by atoms with Crippen LogP contribution in [-0.2, 0) is 12.2 Å². The lowest BCUT2D eigenvalue weighted by Gasteiger charge is -2.29. The smallest absolute Gasteiger partial charge is 0.0584 e. The minimum Gasteiger partial charge on any atom is -0.271 e. The maximum absolute atomic E-state index is 5.93. The zero-order valence-electron chi connectivity index (χ0n) is 11.2. The molecule has 1 aromatic heterocycles. The first-order valence-corrected chi connectivity index (χ1v) is 9.47. The van der Waals surface area contributed by atoms with Crippen molar-refractivity contribution in [2.24, 2.45) is 23.6 Å². The van der Waals surface area contributed by atoms with E-state index in [0.29, 0.717) is 6.04 Å². The summed E-state index contributed by atoms with van der Waals surface area (Å²) >= 11 is 4.10. The van der Waals surface area contributed by atoms with Gasteiger partial charge in [0.05, 0.1) is 6.04 Å². The highest BCUT2D eigenvalue weighted by Gasteiger charge is 2.43. The molecular formula is C15H22N2S2. The van der Waals surface area contributed by atoms with Crippen molar-refractivity contribution in [2.45, 2.75) is 43.9 Å². The Balaban J connectivity index is 1.60. The molecule has 0 aromatic carbocycles. The number of nitrogens with two attached hydrogens (primary N) is 1. The Morgan fingerprint density at radius 2 is 2.26 bits per heavy atom. The van der Waals surface area contributed by atoms with Crippen LogP contribution in [0.3, 0.4) is 0 Å². The molecule has 104 valence electrons. The van der Waals surface area contributed by atoms with E-state index in [9.17, 15) is 0 Å². The molecule has 3 aliphatic rings. The Bertz CT molecular complexity index is 447. The van der Waals surface area contributed by atoms with E-state index in [0.717, 1.165) is 17.8 Å². The van der Waals surface area contributed by atoms with Crippen LogP contribution >= 0.6 is 23.1 Å². The van der Waals surface area contributed by atoms with Gasteiger partial charge in [0.15, 0.2) is 0 Å². The molecule has 0 radical (unpaired) electrons. The normalized spacial score (nSPS) is 34.5. The molecule has 4 rings (SSSR count). The third-order valence-corrected chi connectivity index (χ3v) is 7.68. The zero-order valence-corrected chi connectivity index (χ0v) is 12.9. The first-order chi connectivity index (χ1) is 9.35. The molecule has 1 aromatic rings. The molecule has 0 spiro atoms. The molecule has 2 aliphatic carbocycles. The summed E-state index contributed by atoms with van der Waals surface area (Å²) in [6.45, 7) is 0. The summed E-state index contributed by atoms with van der Waals surface area (Å²) in [6, 6.07) is 2.86. The minimum absolute atomic E-state index is 0.413. The van der Waals surface area contributed by atoms with E-state index < -0.39 is 0 Å². The van der Waals surface area contributed by atoms with Crippen molar-refractivity contribution in [3.8, 4) is 0 Å². The molecule has 1 aliphatic heterocycles. The number of hydrogen-bond acceptors (Lipinski definition) is 4. The van der Waals surface area contributed by atoms with Gasteiger partial charge in [-0.3, -0.25) is 11.3 Å². The van der Waals surface area contributed by atoms with Crippen molar-refractivity contribution >= 4 is 23.1 Å². The predicted molar refractivity (Wildman–Crippen MR) is 83.2 cm³/mol. The van der Waals surface area contributed by atoms with Crippen LogP contribution in [0.4, 0.5) is 0 Å². The summed E-state index contributed by atoms with van der Waals surface area (Å²) in [5, 5.41) is 0. The van der Waals surface area contributed by atoms with Crippen LogP contribution in [-0.4, -0.2) is 5.75 Å². The van der Waals surface area contributed by atoms with Gasteiger partial charge >= 0.3 is 0 Å². The third kappa shape index (κ3) is 2.17. The number of rotatable bonds is 3. The lowest BCUT2D eigenvalue weighted by Crippen LogP contribution is -2.35. The summed E-state index contributed by atoms with van der Waals surface area (Å²) in [4.78, 5) is 3.13. The molecule has 4 atom stereocenters. The standard InChI is InChI=1S/C15H22N2S2/c16-17-15(12-6-9-1-2-10(12)5-9)14-7-11-8-18-4-3-13(11)19-14/h7,9-10,12,15,17H,1-6,8,16H2. The Kier molecular flexibility index (Phi) is 3.38. The molecular weight excluding hydrogens is 272 g/mol. The van der Waals surface area contributed by atoms with Crippen molar-refractivity contribution in [2.75, 3.05) is 5.75 Å². The Hall–Kier alpha value is -0.0300. The second-order valence-corrected chi connectivity index (χ2v) is 8.66. The SMILES string of the molecule is NNC(c1cc2c(s1)CCSC2)C1CC2CCC1C2. The molecule has 2 nitrogen and oxygen atoms in total. The zero-order chi connectivity index (χ0) is 12.8. The molecule has 2 saturated carbocycles. The van der Waals surface area contributed by atoms with Crippen molar-refractivity contribution < 1.29 is 0 Å². The Labute approximate surface area is 123 Å². The van der Waals surface area contributed by atoms with E-state index >= 15 is 0 Å². The van der Waals surface area contributed by atoms with Crippen LogP contribution in [0, 0.1) is 17.8 Å². The number of aryl methyl sites for hydroxylation is 1. The second kappa shape index (κ2) is 5.06. The summed E-state index contributed by atoms with van der Waals surface area (Å²) in [7, 11) is 0. The molecule has 3 N–H and O–H groups in total. The van der Waals surface area contributed by atoms with Gasteiger partial charge < -0.3 is 0 Å². The lowest BCUT2D eigenvalue weighted by atomic mass is 9.83. The highest BCUT2D eigenvalue weighted by Crippen LogP contribution is 2.53. The van der Waals surface area contributed by atoms with Crippen LogP contribution < -0.4 is 11.3 Å². The van der Waals surface area contributed by atoms with Crippen molar-refractivity contribution in [3.63, 3.8) is 0 Å². The van der Waals surface area contributed by atoms with E-state index in [1.165, 1.54) is 48.5 Å². The summed E-state index contributed by atoms with van der Waals surface area (Å²) in [5.74, 6) is 11.1. The quantitative estimate of drug-likeness (QED) is 0.662. The molecule has 4 unspecified atom stereocenters. The van der Waals surface area contributed by atoms with Crippen molar-refractivity contribution in [3.05, 3.63) is 21.4 Å². The fourth-order valence-corrected chi connectivity index (χ4v) is 6.96. The highest BCUT2D eigenvalue weighted by atomic mass is 32.2. The van der Waals surface area contributed by atoms with E-state index in [-0.39, 0.29) is 0 Å². The van der Waals surface area contributed by atoms with Crippen LogP contribution in [0.2, 0.25) is 0 Å². The summed E-state index contributed by atoms with van der Waals surface area (Å²) in [6.07, 6.45) is 7.03. The number of nitrogens with one attached hydrogen (secondary N) is 1. The second-order valence-electron chi connectivity index (χ2n) is 6.38. The van der Waals surface area contributed by atoms with Gasteiger partial charge in [-0.1, -0.05) is 6.42 Å². The lowest BCUT2D eigenvalue weighted by molar-refractivity contribution is 0.255. The van der Waals surface area contributed by atoms with Crippen LogP contribution in [0.1, 0.15) is 47.0 Å². The Morgan fingerprint density at radius 3 is 2.95 bits per heavy atom. The van der Waals surface area contributed by atoms with E-state index in [2.05, 4.69) is 23.3 Å². The van der Waals surface area contributed by atoms with Crippen molar-refractivity contribution in [1.29, 1.82) is 0 Å². The molecule has 2 fully saturated rings. The molecule has 19 heavy (non-hydrogen) atoms. The number of fused-ring (bicyclic) bond motifs is 3. The van der Waals surface area contributed by atoms with Gasteiger partial charge in [-0.2, -0.15) is 11.8 Å². The maximum atomic E-state index is 5.93. The first kappa shape index (κ1) is 12.7. The summed E-state index contributed by atoms with van der Waals surface area (Å²) in [5.41, 5.74) is 4.74. The van der Waals surface area contributed by atoms with Gasteiger partial charge in [-0.25, -0.2) is 0 Å². The van der Waals surface area contributed by atoms with Crippen LogP contribution in [0.15, 0.2) is 6.07 Å². The molecule has 2 heterocycles. The molecule has 2 bridgehead atoms. The van der Waals surface area contributed by atoms with E-state index in [4.69, 9.17) is 5.84 Å². The third-order valence-electron chi connectivity index (χ3n) is 5.35. The van der Waals surface area contributed by atoms with Crippen molar-refractivity contribution in [1.82, 2.24) is 5.43 Å². The first-order valence-electron chi connectivity index (χ1n) is 7.50. The van der Waals surface area contributed by atoms with Gasteiger partial charge in [0, 0.05) is 15.5 Å². The van der Waals surface area contributed by atoms with Gasteiger partial charge in [-0.05, 0) is 60.8 Å². The largest absolute Gasteiger partial charge is 0.271 e. The highest BCUT2D eigenvalue weighted by molar-refractivity contribution is 7.98. The minimum atomic E-state index is 0.413. The monoisotopic (exact) mass is 294 g/mol. The Morgan fingerprint density at radius 1 is 1.32 bits per heavy atom. The fourth-order valence-electron chi connectivity index (χ4n) is 4.44. The average Bonchev–Trinajstić information content (AvgIpc) is 3.13. The van der Waals surface area contributed by atoms with Crippen LogP contribution in [0.25, 0.3) is 0 Å². The number of thiophene rings is 1. The van der Waals surface area contributed by atoms with Crippen LogP contribution in [0.5, 0.6) is 0 Å². The maximum Gasteiger partial charge on any atom is 0.0584 e. The molecule has 0 amide bonds. The topological polar surface area (TPSA) is 38.0 Å². The fraction of sp³-hybridized carbons (Fsp3) is 0.733. The van der Waals surface area contributed by atoms with Gasteiger partial charge in [0.2, 0.25) is 0 Å². The van der Waals surface area contributed by atoms with Gasteiger partial charge in [0.1, 0.15) is 0 Å². The predicted octanol–water partition coefficient (Wildman–Crippen LogP) is 3.48. The summed E-state index contributed by atoms with van der Waals surface area (Å²) < 4.78 is 0. The van der Waals surface area contributed by atoms with Gasteiger partial charge in [-0.15, -0.1) is 11.3 Å². The number of thioether (sulfide) groups is 1. The number of hydrogen-bond donors (Lipinski definition) is 2. The van der Waals surface area contributed by atoms with E-state index in [1.807, 2.05) is 11.3 Å². The molecule has 0 saturated heterocycles. The van der Waals surface area contributed by atoms with Gasteiger partial charge in [0.25, 0.3) is 0 Å². The average molecular weight is 294 g/mol.